The quantitative estimate of drug-likeness (QED) is 0.515. The van der Waals surface area contributed by atoms with Gasteiger partial charge in [-0.1, -0.05) is 30.4 Å². The Hall–Kier alpha value is -3.01. The highest BCUT2D eigenvalue weighted by atomic mass is 16.5. The first-order chi connectivity index (χ1) is 15.4. The lowest BCUT2D eigenvalue weighted by molar-refractivity contribution is 0.198. The molecule has 1 N–H and O–H groups in total. The van der Waals surface area contributed by atoms with Crippen molar-refractivity contribution < 1.29 is 4.74 Å². The third-order valence-corrected chi connectivity index (χ3v) is 7.58. The van der Waals surface area contributed by atoms with Gasteiger partial charge in [0.1, 0.15) is 11.6 Å². The Labute approximate surface area is 191 Å². The summed E-state index contributed by atoms with van der Waals surface area (Å²) in [4.78, 5) is 11.4. The number of nitrogens with zero attached hydrogens (tertiary/aromatic N) is 2. The molecule has 0 radical (unpaired) electrons. The fourth-order valence-corrected chi connectivity index (χ4v) is 5.37. The molecule has 4 nitrogen and oxygen atoms in total. The Bertz CT molecular complexity index is 1230. The van der Waals surface area contributed by atoms with Crippen LogP contribution in [0.1, 0.15) is 61.5 Å². The molecule has 32 heavy (non-hydrogen) atoms. The molecule has 4 heteroatoms. The normalized spacial score (nSPS) is 23.4. The van der Waals surface area contributed by atoms with Crippen LogP contribution in [0.15, 0.2) is 59.8 Å². The fourth-order valence-electron chi connectivity index (χ4n) is 5.37. The summed E-state index contributed by atoms with van der Waals surface area (Å²) in [6, 6.07) is 12.8. The van der Waals surface area contributed by atoms with Crippen LogP contribution in [0.5, 0.6) is 5.75 Å². The molecule has 1 aliphatic carbocycles. The van der Waals surface area contributed by atoms with E-state index in [-0.39, 0.29) is 5.54 Å². The second-order valence-corrected chi connectivity index (χ2v) is 9.58. The number of benzene rings is 2. The van der Waals surface area contributed by atoms with Crippen molar-refractivity contribution in [3.63, 3.8) is 0 Å². The molecule has 2 aromatic carbocycles. The van der Waals surface area contributed by atoms with Crippen LogP contribution < -0.4 is 4.74 Å². The van der Waals surface area contributed by atoms with Crippen molar-refractivity contribution in [3.8, 4) is 5.75 Å². The van der Waals surface area contributed by atoms with E-state index >= 15 is 0 Å². The minimum Gasteiger partial charge on any atom is -0.497 e. The van der Waals surface area contributed by atoms with E-state index in [0.29, 0.717) is 5.92 Å². The minimum atomic E-state index is -0.142. The van der Waals surface area contributed by atoms with Gasteiger partial charge < -0.3 is 14.6 Å². The predicted octanol–water partition coefficient (Wildman–Crippen LogP) is 6.52. The summed E-state index contributed by atoms with van der Waals surface area (Å²) in [5.74, 6) is 2.35. The fraction of sp³-hybridized carbons (Fsp3) is 0.393. The molecule has 5 rings (SSSR count). The zero-order valence-electron chi connectivity index (χ0n) is 19.8. The number of rotatable bonds is 4. The van der Waals surface area contributed by atoms with Gasteiger partial charge in [-0.2, -0.15) is 0 Å². The van der Waals surface area contributed by atoms with Crippen molar-refractivity contribution in [2.24, 2.45) is 0 Å². The number of fused-ring (bicyclic) bond motifs is 1. The monoisotopic (exact) mass is 427 g/mol. The Morgan fingerprint density at radius 2 is 2.00 bits per heavy atom. The topological polar surface area (TPSA) is 41.1 Å². The van der Waals surface area contributed by atoms with Crippen LogP contribution in [0.3, 0.4) is 0 Å². The van der Waals surface area contributed by atoms with Crippen molar-refractivity contribution in [3.05, 3.63) is 82.3 Å². The average Bonchev–Trinajstić information content (AvgIpc) is 3.42. The lowest BCUT2D eigenvalue weighted by atomic mass is 9.87. The summed E-state index contributed by atoms with van der Waals surface area (Å²) < 4.78 is 5.47. The van der Waals surface area contributed by atoms with E-state index in [4.69, 9.17) is 9.72 Å². The maximum Gasteiger partial charge on any atom is 0.132 e. The first-order valence-electron chi connectivity index (χ1n) is 11.7. The zero-order valence-corrected chi connectivity index (χ0v) is 19.8. The smallest absolute Gasteiger partial charge is 0.132 e. The summed E-state index contributed by atoms with van der Waals surface area (Å²) in [5, 5.41) is 0. The van der Waals surface area contributed by atoms with E-state index < -0.39 is 0 Å². The van der Waals surface area contributed by atoms with Gasteiger partial charge in [0.15, 0.2) is 0 Å². The van der Waals surface area contributed by atoms with Crippen LogP contribution in [-0.2, 0) is 5.54 Å². The van der Waals surface area contributed by atoms with Crippen LogP contribution in [-0.4, -0.2) is 28.5 Å². The first kappa shape index (κ1) is 20.9. The lowest BCUT2D eigenvalue weighted by Crippen LogP contribution is -2.39. The van der Waals surface area contributed by atoms with Crippen molar-refractivity contribution in [1.29, 1.82) is 0 Å². The summed E-state index contributed by atoms with van der Waals surface area (Å²) in [5.41, 5.74) is 8.67. The molecule has 1 fully saturated rings. The third-order valence-electron chi connectivity index (χ3n) is 7.58. The van der Waals surface area contributed by atoms with Gasteiger partial charge in [-0.3, -0.25) is 0 Å². The highest BCUT2D eigenvalue weighted by molar-refractivity contribution is 5.80. The highest BCUT2D eigenvalue weighted by Crippen LogP contribution is 2.44. The van der Waals surface area contributed by atoms with Crippen molar-refractivity contribution >= 4 is 11.0 Å². The molecular formula is C28H33N3O. The molecule has 0 spiro atoms. The van der Waals surface area contributed by atoms with Crippen LogP contribution in [0.2, 0.25) is 0 Å². The number of methoxy groups -OCH3 is 1. The molecule has 3 aromatic rings. The highest BCUT2D eigenvalue weighted by Gasteiger charge is 2.42. The Balaban J connectivity index is 1.54. The molecule has 1 aliphatic heterocycles. The molecule has 0 bridgehead atoms. The van der Waals surface area contributed by atoms with E-state index in [0.717, 1.165) is 42.0 Å². The third kappa shape index (κ3) is 3.33. The molecule has 1 aromatic heterocycles. The molecule has 1 unspecified atom stereocenters. The van der Waals surface area contributed by atoms with E-state index in [2.05, 4.69) is 80.1 Å². The molecule has 2 heterocycles. The number of aromatic nitrogens is 2. The van der Waals surface area contributed by atoms with Crippen LogP contribution in [0, 0.1) is 13.8 Å². The SMILES string of the molecule is COc1cccc(C2C=C(N3CCC[C@@]3(C)c3nc4c(C)c(C)ccc4[nH]3)C(C)=CC2)c1. The maximum atomic E-state index is 5.47. The molecule has 2 atom stereocenters. The van der Waals surface area contributed by atoms with Gasteiger partial charge in [0.05, 0.1) is 23.7 Å². The number of H-pyrrole nitrogens is 1. The summed E-state index contributed by atoms with van der Waals surface area (Å²) in [6.07, 6.45) is 8.14. The number of allylic oxidation sites excluding steroid dienone is 3. The number of aryl methyl sites for hydroxylation is 2. The molecule has 166 valence electrons. The molecule has 2 aliphatic rings. The predicted molar refractivity (Wildman–Crippen MR) is 131 cm³/mol. The summed E-state index contributed by atoms with van der Waals surface area (Å²) in [7, 11) is 1.73. The standard InChI is InChI=1S/C28H33N3O/c1-18-11-13-24-26(20(18)3)30-27(29-24)28(4)14-7-15-31(28)25-17-22(12-10-19(25)2)21-8-6-9-23(16-21)32-5/h6,8-11,13,16-17,22H,7,12,14-15H2,1-5H3,(H,29,30)/t22?,28-/m0/s1. The Morgan fingerprint density at radius 1 is 1.16 bits per heavy atom. The molecular weight excluding hydrogens is 394 g/mol. The maximum absolute atomic E-state index is 5.47. The van der Waals surface area contributed by atoms with E-state index in [9.17, 15) is 0 Å². The largest absolute Gasteiger partial charge is 0.497 e. The Kier molecular flexibility index (Phi) is 5.11. The Morgan fingerprint density at radius 3 is 2.81 bits per heavy atom. The number of imidazole rings is 1. The van der Waals surface area contributed by atoms with Gasteiger partial charge in [-0.15, -0.1) is 0 Å². The number of hydrogen-bond acceptors (Lipinski definition) is 3. The van der Waals surface area contributed by atoms with Gasteiger partial charge >= 0.3 is 0 Å². The summed E-state index contributed by atoms with van der Waals surface area (Å²) >= 11 is 0. The molecule has 0 saturated carbocycles. The van der Waals surface area contributed by atoms with Gasteiger partial charge in [0.25, 0.3) is 0 Å². The number of aromatic amines is 1. The van der Waals surface area contributed by atoms with Crippen LogP contribution in [0.4, 0.5) is 0 Å². The second-order valence-electron chi connectivity index (χ2n) is 9.58. The van der Waals surface area contributed by atoms with E-state index in [1.165, 1.54) is 34.4 Å². The van der Waals surface area contributed by atoms with Crippen molar-refractivity contribution in [2.45, 2.75) is 58.4 Å². The number of likely N-dealkylation sites (tertiary alicyclic amines) is 1. The first-order valence-corrected chi connectivity index (χ1v) is 11.7. The number of nitrogens with one attached hydrogen (secondary N) is 1. The van der Waals surface area contributed by atoms with Crippen LogP contribution >= 0.6 is 0 Å². The van der Waals surface area contributed by atoms with E-state index in [1.807, 2.05) is 6.07 Å². The van der Waals surface area contributed by atoms with Crippen molar-refractivity contribution in [1.82, 2.24) is 14.9 Å². The van der Waals surface area contributed by atoms with Gasteiger partial charge in [-0.05, 0) is 87.4 Å². The number of hydrogen-bond donors (Lipinski definition) is 1. The lowest BCUT2D eigenvalue weighted by Gasteiger charge is -2.39. The second kappa shape index (κ2) is 7.84. The van der Waals surface area contributed by atoms with E-state index in [1.54, 1.807) is 7.11 Å². The van der Waals surface area contributed by atoms with Gasteiger partial charge in [0.2, 0.25) is 0 Å². The van der Waals surface area contributed by atoms with Gasteiger partial charge in [0, 0.05) is 18.2 Å². The zero-order chi connectivity index (χ0) is 22.5. The van der Waals surface area contributed by atoms with Gasteiger partial charge in [-0.25, -0.2) is 4.98 Å². The van der Waals surface area contributed by atoms with Crippen molar-refractivity contribution in [2.75, 3.05) is 13.7 Å². The number of ether oxygens (including phenoxy) is 1. The summed E-state index contributed by atoms with van der Waals surface area (Å²) in [6.45, 7) is 9.98. The minimum absolute atomic E-state index is 0.142. The molecule has 1 saturated heterocycles. The van der Waals surface area contributed by atoms with Crippen LogP contribution in [0.25, 0.3) is 11.0 Å². The molecule has 0 amide bonds. The average molecular weight is 428 g/mol.